The summed E-state index contributed by atoms with van der Waals surface area (Å²) in [6.45, 7) is 0.631. The molecule has 0 bridgehead atoms. The Labute approximate surface area is 229 Å². The summed E-state index contributed by atoms with van der Waals surface area (Å²) in [5.74, 6) is 0.425. The third-order valence-electron chi connectivity index (χ3n) is 6.36. The minimum Gasteiger partial charge on any atom is -0.497 e. The predicted molar refractivity (Wildman–Crippen MR) is 151 cm³/mol. The molecule has 6 heteroatoms. The van der Waals surface area contributed by atoms with Gasteiger partial charge in [0, 0.05) is 24.5 Å². The van der Waals surface area contributed by atoms with Crippen LogP contribution in [0.5, 0.6) is 5.75 Å². The number of carbonyl (C=O) groups is 2. The van der Waals surface area contributed by atoms with Gasteiger partial charge in [-0.2, -0.15) is 0 Å². The summed E-state index contributed by atoms with van der Waals surface area (Å²) in [5.41, 5.74) is 3.72. The van der Waals surface area contributed by atoms with Crippen LogP contribution >= 0.6 is 11.6 Å². The van der Waals surface area contributed by atoms with Crippen molar-refractivity contribution in [2.75, 3.05) is 7.11 Å². The number of nitrogens with zero attached hydrogens (tertiary/aromatic N) is 1. The molecule has 1 atom stereocenters. The second-order valence-electron chi connectivity index (χ2n) is 9.08. The Morgan fingerprint density at radius 3 is 1.95 bits per heavy atom. The van der Waals surface area contributed by atoms with E-state index in [1.807, 2.05) is 97.1 Å². The van der Waals surface area contributed by atoms with Gasteiger partial charge in [0.1, 0.15) is 11.8 Å². The van der Waals surface area contributed by atoms with Crippen LogP contribution in [0.1, 0.15) is 22.3 Å². The zero-order valence-electron chi connectivity index (χ0n) is 21.3. The third-order valence-corrected chi connectivity index (χ3v) is 6.61. The average molecular weight is 527 g/mol. The summed E-state index contributed by atoms with van der Waals surface area (Å²) in [4.78, 5) is 29.2. The van der Waals surface area contributed by atoms with E-state index in [-0.39, 0.29) is 24.8 Å². The minimum atomic E-state index is -0.706. The number of amides is 2. The fourth-order valence-corrected chi connectivity index (χ4v) is 4.39. The Hall–Kier alpha value is -4.09. The van der Waals surface area contributed by atoms with Crippen molar-refractivity contribution < 1.29 is 14.3 Å². The number of hydrogen-bond donors (Lipinski definition) is 1. The number of ether oxygens (including phenoxy) is 1. The van der Waals surface area contributed by atoms with Gasteiger partial charge in [0.25, 0.3) is 0 Å². The summed E-state index contributed by atoms with van der Waals surface area (Å²) in [5, 5.41) is 3.68. The van der Waals surface area contributed by atoms with Gasteiger partial charge < -0.3 is 15.0 Å². The van der Waals surface area contributed by atoms with E-state index in [0.29, 0.717) is 18.0 Å². The molecule has 0 radical (unpaired) electrons. The number of nitrogens with one attached hydrogen (secondary N) is 1. The van der Waals surface area contributed by atoms with Crippen molar-refractivity contribution in [3.8, 4) is 5.75 Å². The van der Waals surface area contributed by atoms with E-state index in [1.165, 1.54) is 0 Å². The summed E-state index contributed by atoms with van der Waals surface area (Å²) < 4.78 is 5.23. The summed E-state index contributed by atoms with van der Waals surface area (Å²) in [6, 6.07) is 33.6. The van der Waals surface area contributed by atoms with Crippen LogP contribution in [0.4, 0.5) is 0 Å². The van der Waals surface area contributed by atoms with Gasteiger partial charge in [0.2, 0.25) is 11.8 Å². The van der Waals surface area contributed by atoms with Crippen LogP contribution < -0.4 is 10.1 Å². The van der Waals surface area contributed by atoms with Crippen LogP contribution in [0, 0.1) is 0 Å². The molecule has 4 aromatic rings. The van der Waals surface area contributed by atoms with Gasteiger partial charge in [-0.15, -0.1) is 0 Å². The van der Waals surface area contributed by atoms with Gasteiger partial charge >= 0.3 is 0 Å². The molecule has 0 fully saturated rings. The highest BCUT2D eigenvalue weighted by atomic mass is 35.5. The molecular weight excluding hydrogens is 496 g/mol. The van der Waals surface area contributed by atoms with Crippen molar-refractivity contribution in [3.63, 3.8) is 0 Å². The van der Waals surface area contributed by atoms with Crippen molar-refractivity contribution in [1.29, 1.82) is 0 Å². The molecule has 1 N–H and O–H groups in total. The van der Waals surface area contributed by atoms with Crippen molar-refractivity contribution in [1.82, 2.24) is 10.2 Å². The second kappa shape index (κ2) is 13.5. The minimum absolute atomic E-state index is 0.119. The van der Waals surface area contributed by atoms with Crippen LogP contribution in [-0.4, -0.2) is 29.9 Å². The maximum Gasteiger partial charge on any atom is 0.243 e. The molecule has 0 aliphatic heterocycles. The predicted octanol–water partition coefficient (Wildman–Crippen LogP) is 5.85. The quantitative estimate of drug-likeness (QED) is 0.267. The molecule has 0 aromatic heterocycles. The van der Waals surface area contributed by atoms with Crippen molar-refractivity contribution in [2.24, 2.45) is 0 Å². The van der Waals surface area contributed by atoms with Crippen molar-refractivity contribution in [2.45, 2.75) is 32.0 Å². The third kappa shape index (κ3) is 7.70. The molecule has 0 spiro atoms. The van der Waals surface area contributed by atoms with Gasteiger partial charge in [-0.25, -0.2) is 0 Å². The summed E-state index contributed by atoms with van der Waals surface area (Å²) >= 11 is 6.10. The first kappa shape index (κ1) is 27.0. The van der Waals surface area contributed by atoms with Gasteiger partial charge in [0.15, 0.2) is 0 Å². The van der Waals surface area contributed by atoms with Crippen molar-refractivity contribution in [3.05, 3.63) is 136 Å². The maximum atomic E-state index is 13.8. The molecule has 0 saturated carbocycles. The lowest BCUT2D eigenvalue weighted by molar-refractivity contribution is -0.140. The van der Waals surface area contributed by atoms with Crippen LogP contribution in [0.3, 0.4) is 0 Å². The summed E-state index contributed by atoms with van der Waals surface area (Å²) in [7, 11) is 1.62. The first-order valence-corrected chi connectivity index (χ1v) is 12.9. The highest BCUT2D eigenvalue weighted by Crippen LogP contribution is 2.19. The molecule has 0 aliphatic carbocycles. The highest BCUT2D eigenvalue weighted by Gasteiger charge is 2.30. The molecule has 38 heavy (non-hydrogen) atoms. The Balaban J connectivity index is 1.62. The van der Waals surface area contributed by atoms with E-state index in [0.717, 1.165) is 28.0 Å². The Bertz CT molecular complexity index is 1310. The highest BCUT2D eigenvalue weighted by molar-refractivity contribution is 6.30. The molecule has 4 rings (SSSR count). The van der Waals surface area contributed by atoms with Gasteiger partial charge in [-0.3, -0.25) is 9.59 Å². The molecule has 0 saturated heterocycles. The number of hydrogen-bond acceptors (Lipinski definition) is 3. The lowest BCUT2D eigenvalue weighted by atomic mass is 10.0. The maximum absolute atomic E-state index is 13.8. The lowest BCUT2D eigenvalue weighted by Crippen LogP contribution is -2.50. The van der Waals surface area contributed by atoms with Crippen molar-refractivity contribution >= 4 is 23.4 Å². The van der Waals surface area contributed by atoms with E-state index in [2.05, 4.69) is 5.32 Å². The van der Waals surface area contributed by atoms with E-state index in [4.69, 9.17) is 16.3 Å². The fraction of sp³-hybridized carbons (Fsp3) is 0.188. The second-order valence-corrected chi connectivity index (χ2v) is 9.52. The standard InChI is InChI=1S/C32H31ClN2O3/c1-38-29-18-14-26(15-19-29)22-34-32(37)30(20-24-8-4-2-5-9-24)35(23-27-12-16-28(33)17-13-27)31(36)21-25-10-6-3-7-11-25/h2-19,30H,20-23H2,1H3,(H,34,37)/t30-/m1/s1. The first-order chi connectivity index (χ1) is 18.5. The topological polar surface area (TPSA) is 58.6 Å². The van der Waals surface area contributed by atoms with Gasteiger partial charge in [-0.1, -0.05) is 96.5 Å². The van der Waals surface area contributed by atoms with Crippen LogP contribution in [0.15, 0.2) is 109 Å². The van der Waals surface area contributed by atoms with E-state index >= 15 is 0 Å². The number of carbonyl (C=O) groups excluding carboxylic acids is 2. The monoisotopic (exact) mass is 526 g/mol. The Morgan fingerprint density at radius 2 is 1.34 bits per heavy atom. The van der Waals surface area contributed by atoms with E-state index in [1.54, 1.807) is 24.1 Å². The number of benzene rings is 4. The largest absolute Gasteiger partial charge is 0.497 e. The number of methoxy groups -OCH3 is 1. The Kier molecular flexibility index (Phi) is 9.54. The van der Waals surface area contributed by atoms with E-state index < -0.39 is 6.04 Å². The number of halogens is 1. The SMILES string of the molecule is COc1ccc(CNC(=O)[C@@H](Cc2ccccc2)N(Cc2ccc(Cl)cc2)C(=O)Cc2ccccc2)cc1. The molecule has 194 valence electrons. The van der Waals surface area contributed by atoms with Gasteiger partial charge in [-0.05, 0) is 46.5 Å². The van der Waals surface area contributed by atoms with Crippen LogP contribution in [0.25, 0.3) is 0 Å². The molecule has 5 nitrogen and oxygen atoms in total. The molecular formula is C32H31ClN2O3. The van der Waals surface area contributed by atoms with Gasteiger partial charge in [0.05, 0.1) is 13.5 Å². The fourth-order valence-electron chi connectivity index (χ4n) is 4.26. The van der Waals surface area contributed by atoms with E-state index in [9.17, 15) is 9.59 Å². The number of rotatable bonds is 11. The Morgan fingerprint density at radius 1 is 0.763 bits per heavy atom. The summed E-state index contributed by atoms with van der Waals surface area (Å²) in [6.07, 6.45) is 0.592. The van der Waals surface area contributed by atoms with Crippen LogP contribution in [0.2, 0.25) is 5.02 Å². The molecule has 0 unspecified atom stereocenters. The first-order valence-electron chi connectivity index (χ1n) is 12.5. The van der Waals surface area contributed by atoms with Crippen LogP contribution in [-0.2, 0) is 35.5 Å². The normalized spacial score (nSPS) is 11.4. The molecule has 2 amide bonds. The average Bonchev–Trinajstić information content (AvgIpc) is 2.96. The zero-order valence-corrected chi connectivity index (χ0v) is 22.1. The molecule has 0 heterocycles. The zero-order chi connectivity index (χ0) is 26.7. The smallest absolute Gasteiger partial charge is 0.243 e. The lowest BCUT2D eigenvalue weighted by Gasteiger charge is -2.32. The molecule has 4 aromatic carbocycles. The molecule has 0 aliphatic rings.